The lowest BCUT2D eigenvalue weighted by Gasteiger charge is -2.09. The summed E-state index contributed by atoms with van der Waals surface area (Å²) >= 11 is 0. The summed E-state index contributed by atoms with van der Waals surface area (Å²) in [5, 5.41) is 7.51. The fraction of sp³-hybridized carbons (Fsp3) is 0. The number of carbonyl (C=O) groups excluding carboxylic acids is 1. The molecule has 0 aliphatic rings. The fourth-order valence-corrected chi connectivity index (χ4v) is 3.17. The molecule has 3 heterocycles. The van der Waals surface area contributed by atoms with Gasteiger partial charge in [-0.2, -0.15) is 9.78 Å². The van der Waals surface area contributed by atoms with Gasteiger partial charge in [-0.1, -0.05) is 6.07 Å². The minimum atomic E-state index is -0.529. The zero-order chi connectivity index (χ0) is 22.8. The number of carbonyl (C=O) groups is 1. The van der Waals surface area contributed by atoms with E-state index in [-0.39, 0.29) is 11.4 Å². The minimum absolute atomic E-state index is 0.00461. The number of aromatic nitrogens is 5. The average molecular weight is 442 g/mol. The van der Waals surface area contributed by atoms with E-state index in [1.807, 2.05) is 6.07 Å². The molecular formula is C23H15FN6O3. The van der Waals surface area contributed by atoms with E-state index in [0.717, 1.165) is 16.1 Å². The van der Waals surface area contributed by atoms with Crippen LogP contribution in [-0.2, 0) is 0 Å². The Hall–Kier alpha value is -4.86. The van der Waals surface area contributed by atoms with E-state index in [9.17, 15) is 14.0 Å². The Kier molecular flexibility index (Phi) is 5.07. The van der Waals surface area contributed by atoms with E-state index in [1.54, 1.807) is 30.5 Å². The number of halogens is 1. The monoisotopic (exact) mass is 442 g/mol. The first kappa shape index (κ1) is 20.1. The summed E-state index contributed by atoms with van der Waals surface area (Å²) in [6.45, 7) is 0. The van der Waals surface area contributed by atoms with E-state index in [2.05, 4.69) is 25.4 Å². The number of anilines is 1. The smallest absolute Gasteiger partial charge is 0.276 e. The van der Waals surface area contributed by atoms with Gasteiger partial charge in [0.05, 0.1) is 11.1 Å². The number of rotatable bonds is 5. The van der Waals surface area contributed by atoms with Gasteiger partial charge in [-0.3, -0.25) is 9.59 Å². The Bertz CT molecular complexity index is 1530. The van der Waals surface area contributed by atoms with Crippen molar-refractivity contribution in [2.75, 3.05) is 5.32 Å². The van der Waals surface area contributed by atoms with Gasteiger partial charge in [0.25, 0.3) is 11.5 Å². The summed E-state index contributed by atoms with van der Waals surface area (Å²) in [7, 11) is 0. The van der Waals surface area contributed by atoms with Crippen molar-refractivity contribution in [2.24, 2.45) is 0 Å². The van der Waals surface area contributed by atoms with Crippen molar-refractivity contribution in [3.63, 3.8) is 0 Å². The van der Waals surface area contributed by atoms with Crippen LogP contribution in [0.25, 0.3) is 16.7 Å². The minimum Gasteiger partial charge on any atom is -0.438 e. The maximum Gasteiger partial charge on any atom is 0.276 e. The van der Waals surface area contributed by atoms with Crippen LogP contribution in [0.3, 0.4) is 0 Å². The molecule has 0 aliphatic carbocycles. The van der Waals surface area contributed by atoms with Crippen LogP contribution in [0.5, 0.6) is 11.6 Å². The first-order valence-electron chi connectivity index (χ1n) is 9.80. The molecule has 0 radical (unpaired) electrons. The van der Waals surface area contributed by atoms with Crippen LogP contribution < -0.4 is 15.6 Å². The average Bonchev–Trinajstić information content (AvgIpc) is 3.31. The molecule has 2 aromatic carbocycles. The number of aromatic amines is 1. The molecule has 5 aromatic rings. The number of nitrogens with zero attached hydrogens (tertiary/aromatic N) is 4. The Balaban J connectivity index is 1.33. The molecule has 0 bridgehead atoms. The van der Waals surface area contributed by atoms with Gasteiger partial charge in [0.1, 0.15) is 29.2 Å². The lowest BCUT2D eigenvalue weighted by molar-refractivity contribution is 0.102. The van der Waals surface area contributed by atoms with Crippen LogP contribution >= 0.6 is 0 Å². The third-order valence-electron chi connectivity index (χ3n) is 4.73. The van der Waals surface area contributed by atoms with Crippen LogP contribution in [0, 0.1) is 5.82 Å². The summed E-state index contributed by atoms with van der Waals surface area (Å²) in [4.78, 5) is 36.0. The van der Waals surface area contributed by atoms with Gasteiger partial charge in [0.2, 0.25) is 5.88 Å². The van der Waals surface area contributed by atoms with Gasteiger partial charge in [-0.05, 0) is 54.6 Å². The lowest BCUT2D eigenvalue weighted by Crippen LogP contribution is -2.24. The predicted molar refractivity (Wildman–Crippen MR) is 118 cm³/mol. The number of H-pyrrole nitrogens is 1. The van der Waals surface area contributed by atoms with Gasteiger partial charge in [0.15, 0.2) is 0 Å². The summed E-state index contributed by atoms with van der Waals surface area (Å²) in [5.41, 5.74) is 0.885. The summed E-state index contributed by atoms with van der Waals surface area (Å²) in [6.07, 6.45) is 3.15. The summed E-state index contributed by atoms with van der Waals surface area (Å²) in [6, 6.07) is 16.4. The quantitative estimate of drug-likeness (QED) is 0.429. The topological polar surface area (TPSA) is 115 Å². The van der Waals surface area contributed by atoms with Gasteiger partial charge in [-0.25, -0.2) is 14.4 Å². The van der Waals surface area contributed by atoms with Gasteiger partial charge < -0.3 is 15.0 Å². The zero-order valence-electron chi connectivity index (χ0n) is 16.9. The molecule has 33 heavy (non-hydrogen) atoms. The first-order chi connectivity index (χ1) is 16.1. The second-order valence-corrected chi connectivity index (χ2v) is 6.95. The van der Waals surface area contributed by atoms with Crippen LogP contribution in [-0.4, -0.2) is 30.6 Å². The van der Waals surface area contributed by atoms with Crippen molar-refractivity contribution in [2.45, 2.75) is 0 Å². The van der Waals surface area contributed by atoms with Gasteiger partial charge in [-0.15, -0.1) is 0 Å². The Morgan fingerprint density at radius 2 is 1.88 bits per heavy atom. The Labute approximate surface area is 185 Å². The molecule has 3 aromatic heterocycles. The Morgan fingerprint density at radius 1 is 1.03 bits per heavy atom. The molecule has 1 amide bonds. The first-order valence-corrected chi connectivity index (χ1v) is 9.80. The molecule has 0 unspecified atom stereocenters. The molecule has 0 fully saturated rings. The largest absolute Gasteiger partial charge is 0.438 e. The van der Waals surface area contributed by atoms with Crippen LogP contribution in [0.4, 0.5) is 10.1 Å². The number of ether oxygens (including phenoxy) is 1. The molecule has 0 aliphatic heterocycles. The predicted octanol–water partition coefficient (Wildman–Crippen LogP) is 3.69. The third kappa shape index (κ3) is 4.17. The number of fused-ring (bicyclic) bond motifs is 1. The molecule has 0 saturated heterocycles. The number of hydrogen-bond donors (Lipinski definition) is 2. The molecule has 10 heteroatoms. The van der Waals surface area contributed by atoms with E-state index in [4.69, 9.17) is 4.74 Å². The molecule has 0 spiro atoms. The van der Waals surface area contributed by atoms with Crippen molar-refractivity contribution < 1.29 is 13.9 Å². The van der Waals surface area contributed by atoms with Crippen molar-refractivity contribution in [1.82, 2.24) is 24.7 Å². The maximum absolute atomic E-state index is 13.5. The highest BCUT2D eigenvalue weighted by atomic mass is 19.1. The Morgan fingerprint density at radius 3 is 2.70 bits per heavy atom. The molecule has 9 nitrogen and oxygen atoms in total. The number of benzene rings is 2. The second kappa shape index (κ2) is 8.35. The summed E-state index contributed by atoms with van der Waals surface area (Å²) < 4.78 is 20.3. The van der Waals surface area contributed by atoms with Crippen LogP contribution in [0.15, 0.2) is 84.0 Å². The van der Waals surface area contributed by atoms with Crippen molar-refractivity contribution in [1.29, 1.82) is 0 Å². The molecule has 162 valence electrons. The van der Waals surface area contributed by atoms with E-state index >= 15 is 0 Å². The normalized spacial score (nSPS) is 10.8. The number of hydrogen-bond acceptors (Lipinski definition) is 6. The number of amides is 1. The van der Waals surface area contributed by atoms with Crippen LogP contribution in [0.1, 0.15) is 10.5 Å². The molecule has 2 N–H and O–H groups in total. The number of nitrogens with one attached hydrogen (secondary N) is 2. The molecule has 0 atom stereocenters. The van der Waals surface area contributed by atoms with Gasteiger partial charge in [0, 0.05) is 18.0 Å². The highest BCUT2D eigenvalue weighted by Crippen LogP contribution is 2.26. The van der Waals surface area contributed by atoms with Crippen molar-refractivity contribution in [3.8, 4) is 17.3 Å². The molecule has 5 rings (SSSR count). The molecular weight excluding hydrogens is 427 g/mol. The second-order valence-electron chi connectivity index (χ2n) is 6.95. The fourth-order valence-electron chi connectivity index (χ4n) is 3.17. The maximum atomic E-state index is 13.5. The highest BCUT2D eigenvalue weighted by Gasteiger charge is 2.12. The van der Waals surface area contributed by atoms with Crippen molar-refractivity contribution >= 4 is 22.6 Å². The standard InChI is InChI=1S/C23H15FN6O3/c24-14-2-1-3-16(12-14)30-20(31)9-8-19(29-30)22(32)28-15-4-6-17(7-5-15)33-23-18-10-11-25-21(18)26-13-27-23/h1-13H,(H,28,32)(H,25,26,27). The SMILES string of the molecule is O=C(Nc1ccc(Oc2ncnc3[nH]ccc23)cc1)c1ccc(=O)n(-c2cccc(F)c2)n1. The van der Waals surface area contributed by atoms with Crippen LogP contribution in [0.2, 0.25) is 0 Å². The van der Waals surface area contributed by atoms with E-state index in [1.165, 1.54) is 36.7 Å². The van der Waals surface area contributed by atoms with Crippen molar-refractivity contribution in [3.05, 3.63) is 101 Å². The lowest BCUT2D eigenvalue weighted by atomic mass is 10.2. The van der Waals surface area contributed by atoms with E-state index in [0.29, 0.717) is 23.0 Å². The van der Waals surface area contributed by atoms with E-state index < -0.39 is 17.3 Å². The van der Waals surface area contributed by atoms with Gasteiger partial charge >= 0.3 is 0 Å². The highest BCUT2D eigenvalue weighted by molar-refractivity contribution is 6.02. The third-order valence-corrected chi connectivity index (χ3v) is 4.73. The summed E-state index contributed by atoms with van der Waals surface area (Å²) in [5.74, 6) is -0.120. The zero-order valence-corrected chi connectivity index (χ0v) is 16.9. The molecule has 0 saturated carbocycles.